The molecule has 94 valence electrons. The Morgan fingerprint density at radius 3 is 2.41 bits per heavy atom. The van der Waals surface area contributed by atoms with Crippen LogP contribution in [0.15, 0.2) is 0 Å². The topological polar surface area (TPSA) is 69.7 Å². The second-order valence-electron chi connectivity index (χ2n) is 4.39. The van der Waals surface area contributed by atoms with E-state index in [1.165, 1.54) is 0 Å². The van der Waals surface area contributed by atoms with Crippen molar-refractivity contribution in [3.8, 4) is 0 Å². The first-order valence-corrected chi connectivity index (χ1v) is 5.97. The molecular formula is C11H17N3O3. The number of hydrogen-bond donors (Lipinski definition) is 1. The Kier molecular flexibility index (Phi) is 3.42. The smallest absolute Gasteiger partial charge is 0.243 e. The first kappa shape index (κ1) is 12.0. The molecule has 0 radical (unpaired) electrons. The summed E-state index contributed by atoms with van der Waals surface area (Å²) in [5.74, 6) is -0.762. The Balaban J connectivity index is 1.96. The highest BCUT2D eigenvalue weighted by Gasteiger charge is 2.34. The molecule has 0 aromatic heterocycles. The summed E-state index contributed by atoms with van der Waals surface area (Å²) in [6, 6.07) is 0.320. The number of piperazine rings is 1. The molecule has 2 rings (SSSR count). The summed E-state index contributed by atoms with van der Waals surface area (Å²) in [4.78, 5) is 37.8. The zero-order valence-corrected chi connectivity index (χ0v) is 9.94. The Morgan fingerprint density at radius 2 is 1.94 bits per heavy atom. The number of carbonyl (C=O) groups is 3. The van der Waals surface area contributed by atoms with Gasteiger partial charge in [-0.15, -0.1) is 0 Å². The van der Waals surface area contributed by atoms with E-state index in [9.17, 15) is 14.4 Å². The maximum Gasteiger partial charge on any atom is 0.243 e. The van der Waals surface area contributed by atoms with Crippen LogP contribution in [-0.4, -0.2) is 59.7 Å². The molecule has 1 aliphatic carbocycles. The summed E-state index contributed by atoms with van der Waals surface area (Å²) >= 11 is 0. The minimum atomic E-state index is -0.318. The summed E-state index contributed by atoms with van der Waals surface area (Å²) in [7, 11) is 0. The third-order valence-electron chi connectivity index (χ3n) is 3.10. The molecule has 0 spiro atoms. The zero-order valence-electron chi connectivity index (χ0n) is 9.94. The Bertz CT molecular complexity index is 336. The Hall–Kier alpha value is -1.43. The van der Waals surface area contributed by atoms with Gasteiger partial charge in [0.05, 0.1) is 13.1 Å². The maximum absolute atomic E-state index is 12.0. The SMILES string of the molecule is CCN(C(=O)CN1C(=O)CNCC1=O)C1CC1. The van der Waals surface area contributed by atoms with Gasteiger partial charge in [0.15, 0.2) is 0 Å². The van der Waals surface area contributed by atoms with Gasteiger partial charge in [0.1, 0.15) is 6.54 Å². The average Bonchev–Trinajstić information content (AvgIpc) is 3.09. The summed E-state index contributed by atoms with van der Waals surface area (Å²) in [6.45, 7) is 2.71. The molecule has 1 N–H and O–H groups in total. The van der Waals surface area contributed by atoms with Gasteiger partial charge < -0.3 is 4.90 Å². The Morgan fingerprint density at radius 1 is 1.35 bits per heavy atom. The van der Waals surface area contributed by atoms with Crippen molar-refractivity contribution in [3.63, 3.8) is 0 Å². The second kappa shape index (κ2) is 4.83. The number of nitrogens with zero attached hydrogens (tertiary/aromatic N) is 2. The van der Waals surface area contributed by atoms with E-state index in [0.717, 1.165) is 17.7 Å². The molecular weight excluding hydrogens is 222 g/mol. The summed E-state index contributed by atoms with van der Waals surface area (Å²) in [5.41, 5.74) is 0. The van der Waals surface area contributed by atoms with E-state index in [-0.39, 0.29) is 37.4 Å². The van der Waals surface area contributed by atoms with E-state index in [1.807, 2.05) is 6.92 Å². The quantitative estimate of drug-likeness (QED) is 0.636. The van der Waals surface area contributed by atoms with Crippen LogP contribution in [0, 0.1) is 0 Å². The molecule has 0 aromatic rings. The fourth-order valence-electron chi connectivity index (χ4n) is 2.03. The third-order valence-corrected chi connectivity index (χ3v) is 3.10. The van der Waals surface area contributed by atoms with Crippen LogP contribution >= 0.6 is 0 Å². The second-order valence-corrected chi connectivity index (χ2v) is 4.39. The lowest BCUT2D eigenvalue weighted by atomic mass is 10.3. The highest BCUT2D eigenvalue weighted by Crippen LogP contribution is 2.26. The highest BCUT2D eigenvalue weighted by atomic mass is 16.2. The van der Waals surface area contributed by atoms with E-state index in [0.29, 0.717) is 12.6 Å². The molecule has 2 aliphatic rings. The molecule has 0 atom stereocenters. The summed E-state index contributed by atoms with van der Waals surface area (Å²) in [5, 5.41) is 2.70. The van der Waals surface area contributed by atoms with Gasteiger partial charge in [-0.1, -0.05) is 0 Å². The minimum Gasteiger partial charge on any atom is -0.338 e. The molecule has 1 saturated heterocycles. The average molecular weight is 239 g/mol. The number of nitrogens with one attached hydrogen (secondary N) is 1. The first-order chi connectivity index (χ1) is 8.13. The fraction of sp³-hybridized carbons (Fsp3) is 0.727. The molecule has 1 heterocycles. The van der Waals surface area contributed by atoms with E-state index >= 15 is 0 Å². The molecule has 1 aliphatic heterocycles. The first-order valence-electron chi connectivity index (χ1n) is 5.97. The van der Waals surface area contributed by atoms with Crippen LogP contribution in [0.3, 0.4) is 0 Å². The van der Waals surface area contributed by atoms with Gasteiger partial charge in [-0.05, 0) is 19.8 Å². The molecule has 17 heavy (non-hydrogen) atoms. The number of likely N-dealkylation sites (N-methyl/N-ethyl adjacent to an activating group) is 1. The van der Waals surface area contributed by atoms with Crippen LogP contribution in [0.4, 0.5) is 0 Å². The van der Waals surface area contributed by atoms with Crippen molar-refractivity contribution < 1.29 is 14.4 Å². The number of carbonyl (C=O) groups excluding carboxylic acids is 3. The van der Waals surface area contributed by atoms with E-state index in [1.54, 1.807) is 4.90 Å². The van der Waals surface area contributed by atoms with Crippen LogP contribution in [0.25, 0.3) is 0 Å². The van der Waals surface area contributed by atoms with Crippen molar-refractivity contribution >= 4 is 17.7 Å². The van der Waals surface area contributed by atoms with Crippen molar-refractivity contribution in [1.29, 1.82) is 0 Å². The van der Waals surface area contributed by atoms with Gasteiger partial charge in [-0.2, -0.15) is 0 Å². The van der Waals surface area contributed by atoms with Crippen LogP contribution in [0.1, 0.15) is 19.8 Å². The van der Waals surface area contributed by atoms with Crippen molar-refractivity contribution in [2.24, 2.45) is 0 Å². The molecule has 0 unspecified atom stereocenters. The van der Waals surface area contributed by atoms with Crippen LogP contribution in [0.2, 0.25) is 0 Å². The van der Waals surface area contributed by atoms with Gasteiger partial charge in [0, 0.05) is 12.6 Å². The Labute approximate surface area is 99.9 Å². The molecule has 3 amide bonds. The fourth-order valence-corrected chi connectivity index (χ4v) is 2.03. The standard InChI is InChI=1S/C11H17N3O3/c1-2-13(8-3-4-8)11(17)7-14-9(15)5-12-6-10(14)16/h8,12H,2-7H2,1H3. The lowest BCUT2D eigenvalue weighted by Gasteiger charge is -2.28. The van der Waals surface area contributed by atoms with Crippen molar-refractivity contribution in [3.05, 3.63) is 0 Å². The van der Waals surface area contributed by atoms with Gasteiger partial charge in [0.2, 0.25) is 17.7 Å². The molecule has 0 aromatic carbocycles. The van der Waals surface area contributed by atoms with Gasteiger partial charge in [-0.25, -0.2) is 0 Å². The predicted molar refractivity (Wildman–Crippen MR) is 60.0 cm³/mol. The summed E-state index contributed by atoms with van der Waals surface area (Å²) in [6.07, 6.45) is 2.06. The van der Waals surface area contributed by atoms with Crippen LogP contribution in [0.5, 0.6) is 0 Å². The van der Waals surface area contributed by atoms with Crippen molar-refractivity contribution in [1.82, 2.24) is 15.1 Å². The monoisotopic (exact) mass is 239 g/mol. The van der Waals surface area contributed by atoms with Crippen molar-refractivity contribution in [2.45, 2.75) is 25.8 Å². The predicted octanol–water partition coefficient (Wildman–Crippen LogP) is -1.04. The molecule has 6 nitrogen and oxygen atoms in total. The third kappa shape index (κ3) is 2.63. The zero-order chi connectivity index (χ0) is 12.4. The molecule has 2 fully saturated rings. The van der Waals surface area contributed by atoms with Gasteiger partial charge in [-0.3, -0.25) is 24.6 Å². The summed E-state index contributed by atoms with van der Waals surface area (Å²) < 4.78 is 0. The minimum absolute atomic E-state index is 0.107. The van der Waals surface area contributed by atoms with Crippen molar-refractivity contribution in [2.75, 3.05) is 26.2 Å². The van der Waals surface area contributed by atoms with Crippen LogP contribution in [-0.2, 0) is 14.4 Å². The van der Waals surface area contributed by atoms with Gasteiger partial charge in [0.25, 0.3) is 0 Å². The number of hydrogen-bond acceptors (Lipinski definition) is 4. The number of rotatable bonds is 4. The largest absolute Gasteiger partial charge is 0.338 e. The maximum atomic E-state index is 12.0. The van der Waals surface area contributed by atoms with E-state index < -0.39 is 0 Å². The lowest BCUT2D eigenvalue weighted by molar-refractivity contribution is -0.151. The van der Waals surface area contributed by atoms with Crippen LogP contribution < -0.4 is 5.32 Å². The molecule has 6 heteroatoms. The lowest BCUT2D eigenvalue weighted by Crippen LogP contribution is -2.55. The normalized spacial score (nSPS) is 20.6. The molecule has 0 bridgehead atoms. The number of amides is 3. The van der Waals surface area contributed by atoms with E-state index in [4.69, 9.17) is 0 Å². The molecule has 1 saturated carbocycles. The highest BCUT2D eigenvalue weighted by molar-refractivity contribution is 6.02. The van der Waals surface area contributed by atoms with E-state index in [2.05, 4.69) is 5.32 Å². The van der Waals surface area contributed by atoms with Gasteiger partial charge >= 0.3 is 0 Å². The number of imide groups is 1.